The summed E-state index contributed by atoms with van der Waals surface area (Å²) in [5.74, 6) is -0.672. The number of para-hydroxylation sites is 1. The van der Waals surface area contributed by atoms with Gasteiger partial charge in [0.15, 0.2) is 5.84 Å². The lowest BCUT2D eigenvalue weighted by molar-refractivity contribution is 0.0953. The molecular formula is C15H21N7O. The van der Waals surface area contributed by atoms with E-state index in [0.717, 1.165) is 13.0 Å². The molecule has 1 aromatic rings. The second-order valence-electron chi connectivity index (χ2n) is 5.06. The molecular weight excluding hydrogens is 294 g/mol. The van der Waals surface area contributed by atoms with E-state index in [2.05, 4.69) is 15.8 Å². The van der Waals surface area contributed by atoms with E-state index in [-0.39, 0.29) is 11.6 Å². The largest absolute Gasteiger partial charge is 0.382 e. The molecule has 0 spiro atoms. The Labute approximate surface area is 135 Å². The number of benzene rings is 1. The summed E-state index contributed by atoms with van der Waals surface area (Å²) in [5, 5.41) is 22.6. The van der Waals surface area contributed by atoms with Gasteiger partial charge in [-0.15, -0.1) is 0 Å². The normalized spacial score (nSPS) is 11.0. The van der Waals surface area contributed by atoms with Crippen molar-refractivity contribution in [1.82, 2.24) is 10.2 Å². The van der Waals surface area contributed by atoms with Gasteiger partial charge in [0.05, 0.1) is 11.3 Å². The van der Waals surface area contributed by atoms with Crippen molar-refractivity contribution >= 4 is 23.1 Å². The van der Waals surface area contributed by atoms with Crippen molar-refractivity contribution in [2.45, 2.75) is 6.42 Å². The number of nitrogens with one attached hydrogen (secondary N) is 3. The number of amidine groups is 1. The summed E-state index contributed by atoms with van der Waals surface area (Å²) in [7, 11) is 3.95. The van der Waals surface area contributed by atoms with Gasteiger partial charge in [-0.05, 0) is 39.2 Å². The molecule has 1 rings (SSSR count). The highest BCUT2D eigenvalue weighted by Crippen LogP contribution is 2.14. The Morgan fingerprint density at radius 1 is 1.43 bits per heavy atom. The fourth-order valence-electron chi connectivity index (χ4n) is 1.73. The van der Waals surface area contributed by atoms with Crippen molar-refractivity contribution in [2.24, 2.45) is 10.8 Å². The van der Waals surface area contributed by atoms with Gasteiger partial charge in [0.1, 0.15) is 6.07 Å². The number of anilines is 1. The van der Waals surface area contributed by atoms with Crippen LogP contribution in [0.4, 0.5) is 5.69 Å². The Bertz CT molecular complexity index is 631. The molecule has 5 N–H and O–H groups in total. The maximum atomic E-state index is 12.2. The van der Waals surface area contributed by atoms with Crippen LogP contribution in [0.3, 0.4) is 0 Å². The van der Waals surface area contributed by atoms with E-state index < -0.39 is 5.84 Å². The fraction of sp³-hybridized carbons (Fsp3) is 0.333. The summed E-state index contributed by atoms with van der Waals surface area (Å²) < 4.78 is 0. The number of nitrogens with zero attached hydrogens (tertiary/aromatic N) is 3. The molecule has 1 aromatic carbocycles. The first-order valence-corrected chi connectivity index (χ1v) is 7.06. The zero-order chi connectivity index (χ0) is 17.2. The van der Waals surface area contributed by atoms with Crippen molar-refractivity contribution in [1.29, 1.82) is 10.7 Å². The third-order valence-corrected chi connectivity index (χ3v) is 2.89. The van der Waals surface area contributed by atoms with Crippen molar-refractivity contribution < 1.29 is 4.79 Å². The monoisotopic (exact) mass is 315 g/mol. The molecule has 0 atom stereocenters. The lowest BCUT2D eigenvalue weighted by atomic mass is 10.1. The maximum Gasteiger partial charge on any atom is 0.253 e. The van der Waals surface area contributed by atoms with Gasteiger partial charge in [-0.1, -0.05) is 12.1 Å². The summed E-state index contributed by atoms with van der Waals surface area (Å²) in [4.78, 5) is 14.3. The Kier molecular flexibility index (Phi) is 7.23. The van der Waals surface area contributed by atoms with Crippen LogP contribution in [0.5, 0.6) is 0 Å². The molecule has 23 heavy (non-hydrogen) atoms. The van der Waals surface area contributed by atoms with E-state index in [1.807, 2.05) is 19.0 Å². The number of carbonyl (C=O) groups is 1. The van der Waals surface area contributed by atoms with Gasteiger partial charge in [-0.25, -0.2) is 0 Å². The molecule has 122 valence electrons. The molecule has 0 fully saturated rings. The van der Waals surface area contributed by atoms with Crippen LogP contribution in [-0.2, 0) is 0 Å². The first-order chi connectivity index (χ1) is 11.0. The topological polar surface area (TPSA) is 130 Å². The average Bonchev–Trinajstić information content (AvgIpc) is 2.52. The number of carbonyl (C=O) groups excluding carboxylic acids is 1. The van der Waals surface area contributed by atoms with Gasteiger partial charge < -0.3 is 16.0 Å². The Balaban J connectivity index is 2.75. The Morgan fingerprint density at radius 2 is 2.13 bits per heavy atom. The quantitative estimate of drug-likeness (QED) is 0.241. The first kappa shape index (κ1) is 18.1. The molecule has 8 nitrogen and oxygen atoms in total. The summed E-state index contributed by atoms with van der Waals surface area (Å²) in [6, 6.07) is 8.49. The zero-order valence-corrected chi connectivity index (χ0v) is 13.3. The number of hydrazone groups is 1. The molecule has 0 saturated heterocycles. The second kappa shape index (κ2) is 9.17. The number of hydrogen-bond acceptors (Lipinski definition) is 6. The Morgan fingerprint density at radius 3 is 2.74 bits per heavy atom. The number of rotatable bonds is 8. The highest BCUT2D eigenvalue weighted by Gasteiger charge is 2.10. The number of amides is 1. The fourth-order valence-corrected chi connectivity index (χ4v) is 1.73. The minimum atomic E-state index is -0.439. The molecule has 0 radical (unpaired) electrons. The van der Waals surface area contributed by atoms with Crippen LogP contribution in [0.15, 0.2) is 29.4 Å². The van der Waals surface area contributed by atoms with Crippen molar-refractivity contribution in [3.05, 3.63) is 29.8 Å². The average molecular weight is 315 g/mol. The van der Waals surface area contributed by atoms with Gasteiger partial charge in [0.25, 0.3) is 5.91 Å². The molecule has 0 saturated carbocycles. The predicted octanol–water partition coefficient (Wildman–Crippen LogP) is 0.596. The standard InChI is InChI=1S/C15H21N7O/c1-22(2)9-5-8-19-15(23)11-6-3-4-7-12(11)20-21-13(10-16)14(17)18/h3-4,6-7,20H,5,8-9H2,1-2H3,(H3,17,18)(H,19,23)/b21-13+. The van der Waals surface area contributed by atoms with Crippen LogP contribution in [0.2, 0.25) is 0 Å². The van der Waals surface area contributed by atoms with Gasteiger partial charge in [-0.3, -0.25) is 15.6 Å². The molecule has 0 aliphatic rings. The lowest BCUT2D eigenvalue weighted by Gasteiger charge is -2.11. The van der Waals surface area contributed by atoms with E-state index in [1.165, 1.54) is 0 Å². The summed E-state index contributed by atoms with van der Waals surface area (Å²) in [6.45, 7) is 1.44. The van der Waals surface area contributed by atoms with Crippen LogP contribution < -0.4 is 16.5 Å². The summed E-state index contributed by atoms with van der Waals surface area (Å²) >= 11 is 0. The molecule has 0 bridgehead atoms. The van der Waals surface area contributed by atoms with Gasteiger partial charge in [-0.2, -0.15) is 10.4 Å². The lowest BCUT2D eigenvalue weighted by Crippen LogP contribution is -2.27. The molecule has 0 aromatic heterocycles. The Hall–Kier alpha value is -2.92. The van der Waals surface area contributed by atoms with Gasteiger partial charge >= 0.3 is 0 Å². The van der Waals surface area contributed by atoms with Gasteiger partial charge in [0, 0.05) is 6.54 Å². The zero-order valence-electron chi connectivity index (χ0n) is 13.3. The van der Waals surface area contributed by atoms with Crippen molar-refractivity contribution in [3.63, 3.8) is 0 Å². The molecule has 0 aliphatic carbocycles. The van der Waals surface area contributed by atoms with Crippen LogP contribution in [0.25, 0.3) is 0 Å². The molecule has 0 unspecified atom stereocenters. The van der Waals surface area contributed by atoms with E-state index in [9.17, 15) is 4.79 Å². The van der Waals surface area contributed by atoms with Crippen LogP contribution >= 0.6 is 0 Å². The SMILES string of the molecule is CN(C)CCCNC(=O)c1ccccc1N/N=C(\C#N)C(=N)N. The highest BCUT2D eigenvalue weighted by molar-refractivity contribution is 6.45. The second-order valence-corrected chi connectivity index (χ2v) is 5.06. The summed E-state index contributed by atoms with van der Waals surface area (Å²) in [6.07, 6.45) is 0.843. The van der Waals surface area contributed by atoms with E-state index in [0.29, 0.717) is 17.8 Å². The van der Waals surface area contributed by atoms with Crippen LogP contribution in [-0.4, -0.2) is 49.5 Å². The number of nitriles is 1. The molecule has 0 heterocycles. The van der Waals surface area contributed by atoms with Crippen molar-refractivity contribution in [2.75, 3.05) is 32.6 Å². The smallest absolute Gasteiger partial charge is 0.253 e. The molecule has 8 heteroatoms. The van der Waals surface area contributed by atoms with Crippen LogP contribution in [0, 0.1) is 16.7 Å². The number of nitrogens with two attached hydrogens (primary N) is 1. The van der Waals surface area contributed by atoms with Gasteiger partial charge in [0.2, 0.25) is 5.71 Å². The molecule has 1 amide bonds. The maximum absolute atomic E-state index is 12.2. The highest BCUT2D eigenvalue weighted by atomic mass is 16.1. The van der Waals surface area contributed by atoms with Crippen LogP contribution in [0.1, 0.15) is 16.8 Å². The van der Waals surface area contributed by atoms with E-state index in [4.69, 9.17) is 16.4 Å². The number of hydrogen-bond donors (Lipinski definition) is 4. The minimum Gasteiger partial charge on any atom is -0.382 e. The molecule has 0 aliphatic heterocycles. The first-order valence-electron chi connectivity index (χ1n) is 7.06. The van der Waals surface area contributed by atoms with Crippen molar-refractivity contribution in [3.8, 4) is 6.07 Å². The van der Waals surface area contributed by atoms with E-state index in [1.54, 1.807) is 30.3 Å². The third-order valence-electron chi connectivity index (χ3n) is 2.89. The minimum absolute atomic E-state index is 0.233. The van der Waals surface area contributed by atoms with E-state index >= 15 is 0 Å². The third kappa shape index (κ3) is 6.15. The summed E-state index contributed by atoms with van der Waals surface area (Å²) in [5.41, 5.74) is 8.43. The predicted molar refractivity (Wildman–Crippen MR) is 90.5 cm³/mol.